The number of aromatic amines is 1. The number of methoxy groups -OCH3 is 1. The van der Waals surface area contributed by atoms with E-state index in [1.807, 2.05) is 0 Å². The number of imidazole rings is 1. The summed E-state index contributed by atoms with van der Waals surface area (Å²) in [5.41, 5.74) is 1.61. The molecule has 0 saturated heterocycles. The van der Waals surface area contributed by atoms with Gasteiger partial charge in [-0.15, -0.1) is 0 Å². The van der Waals surface area contributed by atoms with Gasteiger partial charge in [-0.2, -0.15) is 0 Å². The van der Waals surface area contributed by atoms with Gasteiger partial charge < -0.3 is 14.8 Å². The minimum atomic E-state index is -3.77. The van der Waals surface area contributed by atoms with Crippen molar-refractivity contribution in [2.45, 2.75) is 11.3 Å². The molecule has 0 saturated carbocycles. The van der Waals surface area contributed by atoms with E-state index in [2.05, 4.69) is 25.9 Å². The smallest absolute Gasteiger partial charge is 0.226 e. The van der Waals surface area contributed by atoms with Gasteiger partial charge in [0.05, 0.1) is 30.0 Å². The van der Waals surface area contributed by atoms with Crippen LogP contribution in [0.25, 0.3) is 11.0 Å². The minimum absolute atomic E-state index is 0.165. The van der Waals surface area contributed by atoms with Crippen molar-refractivity contribution in [3.05, 3.63) is 52.5 Å². The van der Waals surface area contributed by atoms with Gasteiger partial charge in [-0.25, -0.2) is 13.4 Å². The molecule has 0 radical (unpaired) electrons. The number of aliphatic hydroxyl groups excluding tert-OH is 1. The highest BCUT2D eigenvalue weighted by Crippen LogP contribution is 2.24. The van der Waals surface area contributed by atoms with Crippen molar-refractivity contribution in [1.29, 1.82) is 0 Å². The number of fused-ring (bicyclic) bond motifs is 1. The number of ether oxygens (including phenoxy) is 1. The fourth-order valence-electron chi connectivity index (χ4n) is 2.31. The van der Waals surface area contributed by atoms with Gasteiger partial charge in [-0.3, -0.25) is 0 Å². The maximum atomic E-state index is 12.5. The Bertz CT molecular complexity index is 967. The van der Waals surface area contributed by atoms with Crippen LogP contribution in [0, 0.1) is 0 Å². The van der Waals surface area contributed by atoms with E-state index in [4.69, 9.17) is 4.74 Å². The number of hydrogen-bond donors (Lipinski definition) is 2. The number of aliphatic hydroxyl groups is 1. The summed E-state index contributed by atoms with van der Waals surface area (Å²) in [5, 5.41) is 10.0. The molecular weight excluding hydrogens is 396 g/mol. The first-order valence-corrected chi connectivity index (χ1v) is 9.53. The highest BCUT2D eigenvalue weighted by atomic mass is 79.9. The Labute approximate surface area is 147 Å². The molecule has 1 heterocycles. The summed E-state index contributed by atoms with van der Waals surface area (Å²) in [6.07, 6.45) is -1.13. The predicted octanol–water partition coefficient (Wildman–Crippen LogP) is 2.84. The number of nitrogens with zero attached hydrogens (tertiary/aromatic N) is 1. The third kappa shape index (κ3) is 3.45. The lowest BCUT2D eigenvalue weighted by Crippen LogP contribution is -2.16. The summed E-state index contributed by atoms with van der Waals surface area (Å²) < 4.78 is 31.0. The van der Waals surface area contributed by atoms with E-state index in [1.54, 1.807) is 42.5 Å². The van der Waals surface area contributed by atoms with Gasteiger partial charge in [0.2, 0.25) is 15.0 Å². The second-order valence-electron chi connectivity index (χ2n) is 5.27. The van der Waals surface area contributed by atoms with Crippen LogP contribution in [-0.2, 0) is 9.84 Å². The first-order chi connectivity index (χ1) is 11.4. The van der Waals surface area contributed by atoms with Crippen molar-refractivity contribution in [3.8, 4) is 5.75 Å². The topological polar surface area (TPSA) is 92.3 Å². The number of aromatic nitrogens is 2. The number of rotatable bonds is 5. The lowest BCUT2D eigenvalue weighted by molar-refractivity contribution is 0.201. The van der Waals surface area contributed by atoms with Crippen LogP contribution < -0.4 is 4.74 Å². The fraction of sp³-hybridized carbons (Fsp3) is 0.188. The van der Waals surface area contributed by atoms with Crippen LogP contribution in [0.2, 0.25) is 0 Å². The molecule has 0 spiro atoms. The highest BCUT2D eigenvalue weighted by Gasteiger charge is 2.24. The summed E-state index contributed by atoms with van der Waals surface area (Å²) in [7, 11) is -2.24. The normalized spacial score (nSPS) is 13.1. The quantitative estimate of drug-likeness (QED) is 0.674. The molecule has 3 aromatic rings. The standard InChI is InChI=1S/C16H15BrN2O4S/c1-23-12-6-7-13-14(8-12)19-16(18-13)24(21,22)9-15(20)10-2-4-11(17)5-3-10/h2-8,15,20H,9H2,1H3,(H,18,19). The predicted molar refractivity (Wildman–Crippen MR) is 93.8 cm³/mol. The van der Waals surface area contributed by atoms with Crippen molar-refractivity contribution >= 4 is 36.8 Å². The highest BCUT2D eigenvalue weighted by molar-refractivity contribution is 9.10. The summed E-state index contributed by atoms with van der Waals surface area (Å²) in [6, 6.07) is 11.9. The van der Waals surface area contributed by atoms with Crippen LogP contribution in [0.4, 0.5) is 0 Å². The van der Waals surface area contributed by atoms with Gasteiger partial charge in [-0.1, -0.05) is 28.1 Å². The molecule has 2 N–H and O–H groups in total. The number of sulfone groups is 1. The first kappa shape index (κ1) is 16.9. The van der Waals surface area contributed by atoms with E-state index < -0.39 is 21.7 Å². The van der Waals surface area contributed by atoms with Gasteiger partial charge in [0.1, 0.15) is 5.75 Å². The lowest BCUT2D eigenvalue weighted by atomic mass is 10.1. The van der Waals surface area contributed by atoms with Crippen LogP contribution >= 0.6 is 15.9 Å². The molecule has 0 aliphatic carbocycles. The average molecular weight is 411 g/mol. The van der Waals surface area contributed by atoms with Crippen molar-refractivity contribution in [3.63, 3.8) is 0 Å². The number of benzene rings is 2. The van der Waals surface area contributed by atoms with E-state index in [1.165, 1.54) is 7.11 Å². The molecule has 0 aliphatic rings. The van der Waals surface area contributed by atoms with Gasteiger partial charge in [0.25, 0.3) is 0 Å². The SMILES string of the molecule is COc1ccc2nc(S(=O)(=O)CC(O)c3ccc(Br)cc3)[nH]c2c1. The van der Waals surface area contributed by atoms with E-state index >= 15 is 0 Å². The van der Waals surface area contributed by atoms with Gasteiger partial charge in [0, 0.05) is 10.5 Å². The third-order valence-corrected chi connectivity index (χ3v) is 5.66. The van der Waals surface area contributed by atoms with Gasteiger partial charge in [-0.05, 0) is 29.8 Å². The Morgan fingerprint density at radius 3 is 2.62 bits per heavy atom. The van der Waals surface area contributed by atoms with E-state index in [0.717, 1.165) is 4.47 Å². The van der Waals surface area contributed by atoms with Gasteiger partial charge >= 0.3 is 0 Å². The molecule has 1 aromatic heterocycles. The second kappa shape index (κ2) is 6.54. The second-order valence-corrected chi connectivity index (χ2v) is 8.14. The maximum Gasteiger partial charge on any atom is 0.226 e. The molecule has 24 heavy (non-hydrogen) atoms. The zero-order chi connectivity index (χ0) is 17.3. The Balaban J connectivity index is 1.88. The van der Waals surface area contributed by atoms with Crippen molar-refractivity contribution in [1.82, 2.24) is 9.97 Å². The molecule has 1 atom stereocenters. The van der Waals surface area contributed by atoms with Crippen LogP contribution in [0.5, 0.6) is 5.75 Å². The molecular formula is C16H15BrN2O4S. The summed E-state index contributed by atoms with van der Waals surface area (Å²) in [4.78, 5) is 6.88. The van der Waals surface area contributed by atoms with Crippen LogP contribution in [0.3, 0.4) is 0 Å². The number of nitrogens with one attached hydrogen (secondary N) is 1. The largest absolute Gasteiger partial charge is 0.497 e. The summed E-state index contributed by atoms with van der Waals surface area (Å²) >= 11 is 3.30. The van der Waals surface area contributed by atoms with Crippen LogP contribution in [0.1, 0.15) is 11.7 Å². The Kier molecular flexibility index (Phi) is 4.62. The first-order valence-electron chi connectivity index (χ1n) is 7.09. The molecule has 1 unspecified atom stereocenters. The van der Waals surface area contributed by atoms with E-state index in [0.29, 0.717) is 22.3 Å². The van der Waals surface area contributed by atoms with Crippen LogP contribution in [0.15, 0.2) is 52.1 Å². The summed E-state index contributed by atoms with van der Waals surface area (Å²) in [5.74, 6) is 0.149. The van der Waals surface area contributed by atoms with Crippen molar-refractivity contribution < 1.29 is 18.3 Å². The molecule has 6 nitrogen and oxygen atoms in total. The van der Waals surface area contributed by atoms with E-state index in [9.17, 15) is 13.5 Å². The molecule has 0 bridgehead atoms. The molecule has 2 aromatic carbocycles. The Morgan fingerprint density at radius 2 is 1.96 bits per heavy atom. The van der Waals surface area contributed by atoms with Crippen molar-refractivity contribution in [2.75, 3.05) is 12.9 Å². The number of hydrogen-bond acceptors (Lipinski definition) is 5. The fourth-order valence-corrected chi connectivity index (χ4v) is 3.84. The average Bonchev–Trinajstić information content (AvgIpc) is 2.99. The maximum absolute atomic E-state index is 12.5. The zero-order valence-electron chi connectivity index (χ0n) is 12.7. The molecule has 0 amide bonds. The summed E-state index contributed by atoms with van der Waals surface area (Å²) in [6.45, 7) is 0. The Morgan fingerprint density at radius 1 is 1.25 bits per heavy atom. The minimum Gasteiger partial charge on any atom is -0.497 e. The molecule has 3 rings (SSSR count). The number of H-pyrrole nitrogens is 1. The Hall–Kier alpha value is -1.90. The van der Waals surface area contributed by atoms with Crippen LogP contribution in [-0.4, -0.2) is 36.4 Å². The third-order valence-electron chi connectivity index (χ3n) is 3.59. The van der Waals surface area contributed by atoms with E-state index in [-0.39, 0.29) is 5.16 Å². The monoisotopic (exact) mass is 410 g/mol. The lowest BCUT2D eigenvalue weighted by Gasteiger charge is -2.10. The number of halogens is 1. The molecule has 0 aliphatic heterocycles. The molecule has 0 fully saturated rings. The molecule has 8 heteroatoms. The van der Waals surface area contributed by atoms with Crippen molar-refractivity contribution in [2.24, 2.45) is 0 Å². The zero-order valence-corrected chi connectivity index (χ0v) is 15.1. The molecule has 126 valence electrons. The van der Waals surface area contributed by atoms with Gasteiger partial charge in [0.15, 0.2) is 0 Å².